The second-order valence-electron chi connectivity index (χ2n) is 3.22. The predicted molar refractivity (Wildman–Crippen MR) is 57.5 cm³/mol. The summed E-state index contributed by atoms with van der Waals surface area (Å²) >= 11 is 0. The highest BCUT2D eigenvalue weighted by molar-refractivity contribution is 5.70. The van der Waals surface area contributed by atoms with Crippen LogP contribution in [0.5, 0.6) is 0 Å². The second kappa shape index (κ2) is 3.38. The van der Waals surface area contributed by atoms with Crippen LogP contribution in [0, 0.1) is 0 Å². The van der Waals surface area contributed by atoms with Crippen molar-refractivity contribution in [1.82, 2.24) is 19.1 Å². The first kappa shape index (κ1) is 9.70. The highest BCUT2D eigenvalue weighted by Gasteiger charge is 2.11. The lowest BCUT2D eigenvalue weighted by Crippen LogP contribution is -2.25. The molecular weight excluding hydrogens is 194 g/mol. The molecule has 6 nitrogen and oxygen atoms in total. The van der Waals surface area contributed by atoms with E-state index in [1.165, 1.54) is 4.57 Å². The van der Waals surface area contributed by atoms with Crippen LogP contribution in [0.1, 0.15) is 13.8 Å². The van der Waals surface area contributed by atoms with Crippen molar-refractivity contribution in [2.75, 3.05) is 5.73 Å². The van der Waals surface area contributed by atoms with Gasteiger partial charge < -0.3 is 10.3 Å². The third kappa shape index (κ3) is 1.29. The number of nitrogen functional groups attached to an aromatic ring is 1. The molecule has 0 aliphatic carbocycles. The van der Waals surface area contributed by atoms with E-state index in [-0.39, 0.29) is 11.5 Å². The zero-order chi connectivity index (χ0) is 11.0. The van der Waals surface area contributed by atoms with Gasteiger partial charge in [0.2, 0.25) is 5.95 Å². The first-order valence-corrected chi connectivity index (χ1v) is 4.90. The fourth-order valence-corrected chi connectivity index (χ4v) is 1.62. The number of nitrogens with two attached hydrogens (primary N) is 1. The molecule has 80 valence electrons. The summed E-state index contributed by atoms with van der Waals surface area (Å²) in [5.41, 5.74) is 6.47. The Morgan fingerprint density at radius 3 is 2.73 bits per heavy atom. The number of aryl methyl sites for hydroxylation is 1. The average Bonchev–Trinajstić information content (AvgIpc) is 2.61. The molecule has 0 aliphatic heterocycles. The highest BCUT2D eigenvalue weighted by Crippen LogP contribution is 2.07. The van der Waals surface area contributed by atoms with E-state index in [1.807, 2.05) is 13.8 Å². The standard InChI is InChI=1S/C9H13N5O/c1-3-13-5-11-7-6(13)8(15)14(4-2)9(10)12-7/h5H,3-4H2,1-2H3,(H2,10,12). The largest absolute Gasteiger partial charge is 0.369 e. The molecule has 0 saturated heterocycles. The predicted octanol–water partition coefficient (Wildman–Crippen LogP) is 0.215. The van der Waals surface area contributed by atoms with E-state index in [0.29, 0.717) is 24.3 Å². The molecule has 0 unspecified atom stereocenters. The molecule has 0 spiro atoms. The van der Waals surface area contributed by atoms with Crippen molar-refractivity contribution in [2.24, 2.45) is 0 Å². The summed E-state index contributed by atoms with van der Waals surface area (Å²) in [6.45, 7) is 5.02. The van der Waals surface area contributed by atoms with Gasteiger partial charge >= 0.3 is 0 Å². The van der Waals surface area contributed by atoms with Crippen LogP contribution in [0.15, 0.2) is 11.1 Å². The molecule has 0 aromatic carbocycles. The molecule has 0 bridgehead atoms. The normalized spacial score (nSPS) is 11.1. The molecule has 15 heavy (non-hydrogen) atoms. The van der Waals surface area contributed by atoms with Gasteiger partial charge in [0, 0.05) is 13.1 Å². The number of fused-ring (bicyclic) bond motifs is 1. The van der Waals surface area contributed by atoms with Crippen molar-refractivity contribution in [2.45, 2.75) is 26.9 Å². The van der Waals surface area contributed by atoms with Crippen LogP contribution < -0.4 is 11.3 Å². The monoisotopic (exact) mass is 207 g/mol. The molecule has 2 rings (SSSR count). The van der Waals surface area contributed by atoms with Gasteiger partial charge in [0.05, 0.1) is 6.33 Å². The minimum atomic E-state index is -0.126. The zero-order valence-corrected chi connectivity index (χ0v) is 8.77. The molecule has 0 atom stereocenters. The third-order valence-corrected chi connectivity index (χ3v) is 2.42. The summed E-state index contributed by atoms with van der Waals surface area (Å²) in [5, 5.41) is 0. The van der Waals surface area contributed by atoms with E-state index < -0.39 is 0 Å². The van der Waals surface area contributed by atoms with Crippen LogP contribution in [0.2, 0.25) is 0 Å². The molecule has 2 N–H and O–H groups in total. The molecular formula is C9H13N5O. The average molecular weight is 207 g/mol. The number of nitrogens with zero attached hydrogens (tertiary/aromatic N) is 4. The minimum Gasteiger partial charge on any atom is -0.369 e. The summed E-state index contributed by atoms with van der Waals surface area (Å²) in [7, 11) is 0. The van der Waals surface area contributed by atoms with Crippen molar-refractivity contribution in [3.63, 3.8) is 0 Å². The lowest BCUT2D eigenvalue weighted by Gasteiger charge is -2.06. The number of hydrogen-bond acceptors (Lipinski definition) is 4. The minimum absolute atomic E-state index is 0.126. The molecule has 0 radical (unpaired) electrons. The Bertz CT molecular complexity index is 553. The van der Waals surface area contributed by atoms with E-state index in [2.05, 4.69) is 9.97 Å². The fourth-order valence-electron chi connectivity index (χ4n) is 1.62. The van der Waals surface area contributed by atoms with Gasteiger partial charge in [-0.2, -0.15) is 4.98 Å². The Balaban J connectivity index is 2.90. The first-order valence-electron chi connectivity index (χ1n) is 4.90. The first-order chi connectivity index (χ1) is 7.19. The van der Waals surface area contributed by atoms with Crippen molar-refractivity contribution in [3.8, 4) is 0 Å². The SMILES string of the molecule is CCn1c(N)nc2ncn(CC)c2c1=O. The quantitative estimate of drug-likeness (QED) is 0.763. The summed E-state index contributed by atoms with van der Waals surface area (Å²) in [5.74, 6) is 0.219. The number of anilines is 1. The van der Waals surface area contributed by atoms with Crippen molar-refractivity contribution in [1.29, 1.82) is 0 Å². The van der Waals surface area contributed by atoms with Crippen LogP contribution in [0.3, 0.4) is 0 Å². The molecule has 2 aromatic rings. The summed E-state index contributed by atoms with van der Waals surface area (Å²) < 4.78 is 3.21. The Kier molecular flexibility index (Phi) is 2.18. The van der Waals surface area contributed by atoms with E-state index in [4.69, 9.17) is 5.73 Å². The maximum Gasteiger partial charge on any atom is 0.281 e. The van der Waals surface area contributed by atoms with E-state index in [0.717, 1.165) is 0 Å². The van der Waals surface area contributed by atoms with E-state index in [9.17, 15) is 4.79 Å². The van der Waals surface area contributed by atoms with Crippen LogP contribution in [-0.4, -0.2) is 19.1 Å². The van der Waals surface area contributed by atoms with Crippen molar-refractivity contribution >= 4 is 17.1 Å². The van der Waals surface area contributed by atoms with Crippen LogP contribution in [0.4, 0.5) is 5.95 Å². The summed E-state index contributed by atoms with van der Waals surface area (Å²) in [4.78, 5) is 20.1. The van der Waals surface area contributed by atoms with Crippen LogP contribution in [0.25, 0.3) is 11.2 Å². The molecule has 0 aliphatic rings. The third-order valence-electron chi connectivity index (χ3n) is 2.42. The van der Waals surface area contributed by atoms with Gasteiger partial charge in [-0.1, -0.05) is 0 Å². The zero-order valence-electron chi connectivity index (χ0n) is 8.77. The highest BCUT2D eigenvalue weighted by atomic mass is 16.1. The molecule has 0 fully saturated rings. The van der Waals surface area contributed by atoms with Gasteiger partial charge in [-0.05, 0) is 13.8 Å². The van der Waals surface area contributed by atoms with E-state index in [1.54, 1.807) is 10.9 Å². The second-order valence-corrected chi connectivity index (χ2v) is 3.22. The lowest BCUT2D eigenvalue weighted by atomic mass is 10.5. The van der Waals surface area contributed by atoms with Crippen molar-refractivity contribution in [3.05, 3.63) is 16.7 Å². The van der Waals surface area contributed by atoms with Crippen LogP contribution in [-0.2, 0) is 13.1 Å². The molecule has 2 aromatic heterocycles. The Hall–Kier alpha value is -1.85. The number of aromatic nitrogens is 4. The topological polar surface area (TPSA) is 78.7 Å². The Morgan fingerprint density at radius 1 is 1.40 bits per heavy atom. The Labute approximate surface area is 86.4 Å². The van der Waals surface area contributed by atoms with Crippen LogP contribution >= 0.6 is 0 Å². The van der Waals surface area contributed by atoms with Gasteiger partial charge in [-0.25, -0.2) is 4.98 Å². The number of hydrogen-bond donors (Lipinski definition) is 1. The van der Waals surface area contributed by atoms with Gasteiger partial charge in [0.15, 0.2) is 11.2 Å². The maximum absolute atomic E-state index is 12.0. The number of rotatable bonds is 2. The van der Waals surface area contributed by atoms with E-state index >= 15 is 0 Å². The molecule has 6 heteroatoms. The maximum atomic E-state index is 12.0. The smallest absolute Gasteiger partial charge is 0.281 e. The molecule has 0 amide bonds. The molecule has 2 heterocycles. The van der Waals surface area contributed by atoms with Crippen molar-refractivity contribution < 1.29 is 0 Å². The fraction of sp³-hybridized carbons (Fsp3) is 0.444. The number of imidazole rings is 1. The van der Waals surface area contributed by atoms with Gasteiger partial charge in [0.25, 0.3) is 5.56 Å². The van der Waals surface area contributed by atoms with Gasteiger partial charge in [-0.15, -0.1) is 0 Å². The summed E-state index contributed by atoms with van der Waals surface area (Å²) in [6, 6.07) is 0. The van der Waals surface area contributed by atoms with Gasteiger partial charge in [-0.3, -0.25) is 9.36 Å². The lowest BCUT2D eigenvalue weighted by molar-refractivity contribution is 0.716. The molecule has 0 saturated carbocycles. The Morgan fingerprint density at radius 2 is 2.13 bits per heavy atom. The summed E-state index contributed by atoms with van der Waals surface area (Å²) in [6.07, 6.45) is 1.61. The van der Waals surface area contributed by atoms with Gasteiger partial charge in [0.1, 0.15) is 0 Å².